The maximum absolute atomic E-state index is 12.3. The summed E-state index contributed by atoms with van der Waals surface area (Å²) in [6, 6.07) is -0.111. The summed E-state index contributed by atoms with van der Waals surface area (Å²) in [5.41, 5.74) is -0.803. The fourth-order valence-electron chi connectivity index (χ4n) is 1.58. The molecule has 1 aromatic rings. The number of rotatable bonds is 0. The van der Waals surface area contributed by atoms with Gasteiger partial charge in [0.2, 0.25) is 0 Å². The number of hydrogen-bond acceptors (Lipinski definition) is 2. The zero-order chi connectivity index (χ0) is 10.3. The van der Waals surface area contributed by atoms with E-state index in [0.717, 1.165) is 6.20 Å². The predicted octanol–water partition coefficient (Wildman–Crippen LogP) is 1.57. The van der Waals surface area contributed by atoms with Crippen LogP contribution in [0.25, 0.3) is 0 Å². The van der Waals surface area contributed by atoms with Crippen molar-refractivity contribution in [3.8, 4) is 0 Å². The number of imidazole rings is 1. The van der Waals surface area contributed by atoms with Gasteiger partial charge in [0.05, 0.1) is 6.04 Å². The average molecular weight is 205 g/mol. The van der Waals surface area contributed by atoms with Crippen molar-refractivity contribution in [3.05, 3.63) is 17.7 Å². The van der Waals surface area contributed by atoms with Crippen molar-refractivity contribution in [1.29, 1.82) is 0 Å². The van der Waals surface area contributed by atoms with Crippen molar-refractivity contribution in [2.24, 2.45) is 0 Å². The molecular formula is C8H10F3N3. The fourth-order valence-corrected chi connectivity index (χ4v) is 1.58. The molecule has 6 heteroatoms. The van der Waals surface area contributed by atoms with E-state index in [1.807, 2.05) is 0 Å². The molecule has 1 N–H and O–H groups in total. The lowest BCUT2D eigenvalue weighted by Gasteiger charge is -2.21. The number of nitrogens with one attached hydrogen (secondary N) is 1. The van der Waals surface area contributed by atoms with E-state index in [9.17, 15) is 13.2 Å². The molecule has 0 amide bonds. The molecule has 1 aliphatic heterocycles. The molecule has 3 nitrogen and oxygen atoms in total. The van der Waals surface area contributed by atoms with Crippen LogP contribution in [-0.2, 0) is 12.7 Å². The van der Waals surface area contributed by atoms with Gasteiger partial charge in [-0.3, -0.25) is 0 Å². The van der Waals surface area contributed by atoms with Crippen molar-refractivity contribution >= 4 is 0 Å². The lowest BCUT2D eigenvalue weighted by atomic mass is 10.2. The first-order chi connectivity index (χ1) is 6.48. The van der Waals surface area contributed by atoms with Crippen LogP contribution in [0.1, 0.15) is 24.5 Å². The third kappa shape index (κ3) is 1.50. The molecule has 78 valence electrons. The van der Waals surface area contributed by atoms with Crippen molar-refractivity contribution in [3.63, 3.8) is 0 Å². The summed E-state index contributed by atoms with van der Waals surface area (Å²) in [4.78, 5) is 3.58. The number of aromatic nitrogens is 2. The van der Waals surface area contributed by atoms with Crippen LogP contribution >= 0.6 is 0 Å². The molecule has 2 rings (SSSR count). The van der Waals surface area contributed by atoms with Crippen LogP contribution in [0.5, 0.6) is 0 Å². The van der Waals surface area contributed by atoms with Gasteiger partial charge in [0.1, 0.15) is 5.82 Å². The van der Waals surface area contributed by atoms with Gasteiger partial charge in [-0.25, -0.2) is 4.98 Å². The second-order valence-electron chi connectivity index (χ2n) is 3.35. The SMILES string of the molecule is C[C@H]1NCCn2cc(C(F)(F)F)nc21. The van der Waals surface area contributed by atoms with Crippen molar-refractivity contribution < 1.29 is 13.2 Å². The summed E-state index contributed by atoms with van der Waals surface area (Å²) in [6.45, 7) is 3.03. The molecule has 2 heterocycles. The summed E-state index contributed by atoms with van der Waals surface area (Å²) in [7, 11) is 0. The van der Waals surface area contributed by atoms with E-state index in [-0.39, 0.29) is 6.04 Å². The van der Waals surface area contributed by atoms with Crippen LogP contribution in [0.3, 0.4) is 0 Å². The topological polar surface area (TPSA) is 29.9 Å². The highest BCUT2D eigenvalue weighted by Crippen LogP contribution is 2.30. The second-order valence-corrected chi connectivity index (χ2v) is 3.35. The molecular weight excluding hydrogens is 195 g/mol. The number of alkyl halides is 3. The largest absolute Gasteiger partial charge is 0.434 e. The highest BCUT2D eigenvalue weighted by molar-refractivity contribution is 5.11. The maximum atomic E-state index is 12.3. The fraction of sp³-hybridized carbons (Fsp3) is 0.625. The molecule has 1 aromatic heterocycles. The van der Waals surface area contributed by atoms with Gasteiger partial charge in [-0.05, 0) is 6.92 Å². The Morgan fingerprint density at radius 2 is 2.29 bits per heavy atom. The van der Waals surface area contributed by atoms with E-state index < -0.39 is 11.9 Å². The highest BCUT2D eigenvalue weighted by atomic mass is 19.4. The molecule has 1 atom stereocenters. The van der Waals surface area contributed by atoms with E-state index >= 15 is 0 Å². The minimum Gasteiger partial charge on any atom is -0.332 e. The molecule has 0 unspecified atom stereocenters. The first-order valence-corrected chi connectivity index (χ1v) is 4.36. The predicted molar refractivity (Wildman–Crippen MR) is 43.6 cm³/mol. The molecule has 0 saturated heterocycles. The minimum absolute atomic E-state index is 0.111. The van der Waals surface area contributed by atoms with Crippen LogP contribution in [-0.4, -0.2) is 16.1 Å². The zero-order valence-electron chi connectivity index (χ0n) is 7.60. The summed E-state index contributed by atoms with van der Waals surface area (Å²) < 4.78 is 38.5. The van der Waals surface area contributed by atoms with Crippen LogP contribution < -0.4 is 5.32 Å². The van der Waals surface area contributed by atoms with E-state index in [4.69, 9.17) is 0 Å². The third-order valence-electron chi connectivity index (χ3n) is 2.29. The second kappa shape index (κ2) is 2.98. The van der Waals surface area contributed by atoms with Gasteiger partial charge in [-0.2, -0.15) is 13.2 Å². The van der Waals surface area contributed by atoms with Gasteiger partial charge in [0.25, 0.3) is 0 Å². The number of nitrogens with zero attached hydrogens (tertiary/aromatic N) is 2. The maximum Gasteiger partial charge on any atom is 0.434 e. The Kier molecular flexibility index (Phi) is 2.02. The molecule has 0 fully saturated rings. The van der Waals surface area contributed by atoms with Gasteiger partial charge < -0.3 is 9.88 Å². The van der Waals surface area contributed by atoms with Crippen molar-refractivity contribution in [1.82, 2.24) is 14.9 Å². The lowest BCUT2D eigenvalue weighted by Crippen LogP contribution is -2.31. The molecule has 0 aromatic carbocycles. The van der Waals surface area contributed by atoms with Crippen LogP contribution in [0.2, 0.25) is 0 Å². The summed E-state index contributed by atoms with van der Waals surface area (Å²) in [5, 5.41) is 3.05. The van der Waals surface area contributed by atoms with Gasteiger partial charge in [-0.15, -0.1) is 0 Å². The Balaban J connectivity index is 2.40. The highest BCUT2D eigenvalue weighted by Gasteiger charge is 2.35. The molecule has 14 heavy (non-hydrogen) atoms. The van der Waals surface area contributed by atoms with E-state index in [1.165, 1.54) is 0 Å². The van der Waals surface area contributed by atoms with E-state index in [2.05, 4.69) is 10.3 Å². The Bertz CT molecular complexity index is 342. The molecule has 0 saturated carbocycles. The molecule has 0 spiro atoms. The summed E-state index contributed by atoms with van der Waals surface area (Å²) in [5.74, 6) is 0.462. The summed E-state index contributed by atoms with van der Waals surface area (Å²) >= 11 is 0. The zero-order valence-corrected chi connectivity index (χ0v) is 7.60. The van der Waals surface area contributed by atoms with Gasteiger partial charge >= 0.3 is 6.18 Å². The number of hydrogen-bond donors (Lipinski definition) is 1. The lowest BCUT2D eigenvalue weighted by molar-refractivity contribution is -0.141. The number of fused-ring (bicyclic) bond motifs is 1. The number of halogens is 3. The Morgan fingerprint density at radius 3 is 2.86 bits per heavy atom. The van der Waals surface area contributed by atoms with Crippen LogP contribution in [0.4, 0.5) is 13.2 Å². The van der Waals surface area contributed by atoms with E-state index in [1.54, 1.807) is 11.5 Å². The Labute approximate surface area is 78.9 Å². The molecule has 1 aliphatic rings. The summed E-state index contributed by atoms with van der Waals surface area (Å²) in [6.07, 6.45) is -3.27. The van der Waals surface area contributed by atoms with Crippen LogP contribution in [0, 0.1) is 0 Å². The monoisotopic (exact) mass is 205 g/mol. The van der Waals surface area contributed by atoms with Gasteiger partial charge in [0, 0.05) is 19.3 Å². The van der Waals surface area contributed by atoms with Crippen LogP contribution in [0.15, 0.2) is 6.20 Å². The molecule has 0 aliphatic carbocycles. The standard InChI is InChI=1S/C8H10F3N3/c1-5-7-13-6(8(9,10)11)4-14(7)3-2-12-5/h4-5,12H,2-3H2,1H3/t5-/m1/s1. The normalized spacial score (nSPS) is 22.1. The van der Waals surface area contributed by atoms with Gasteiger partial charge in [-0.1, -0.05) is 0 Å². The van der Waals surface area contributed by atoms with E-state index in [0.29, 0.717) is 18.9 Å². The first-order valence-electron chi connectivity index (χ1n) is 4.36. The van der Waals surface area contributed by atoms with Crippen molar-refractivity contribution in [2.75, 3.05) is 6.54 Å². The Hall–Kier alpha value is -1.04. The smallest absolute Gasteiger partial charge is 0.332 e. The molecule has 0 radical (unpaired) electrons. The first kappa shape index (κ1) is 9.51. The minimum atomic E-state index is -4.34. The van der Waals surface area contributed by atoms with Gasteiger partial charge in [0.15, 0.2) is 5.69 Å². The third-order valence-corrected chi connectivity index (χ3v) is 2.29. The average Bonchev–Trinajstić information content (AvgIpc) is 2.48. The Morgan fingerprint density at radius 1 is 1.57 bits per heavy atom. The quantitative estimate of drug-likeness (QED) is 0.696. The van der Waals surface area contributed by atoms with Crippen molar-refractivity contribution in [2.45, 2.75) is 25.7 Å². The molecule has 0 bridgehead atoms.